The molecular formula is C21H20N2O4. The Balaban J connectivity index is 1.82. The second-order valence-corrected chi connectivity index (χ2v) is 7.10. The summed E-state index contributed by atoms with van der Waals surface area (Å²) < 4.78 is 0.832. The topological polar surface area (TPSA) is 91.6 Å². The molecule has 27 heavy (non-hydrogen) atoms. The number of nitrogens with zero attached hydrogens (tertiary/aromatic N) is 1. The first-order valence-electron chi connectivity index (χ1n) is 8.87. The molecule has 138 valence electrons. The lowest BCUT2D eigenvalue weighted by Crippen LogP contribution is -2.31. The molecule has 4 rings (SSSR count). The fraction of sp³-hybridized carbons (Fsp3) is 0.238. The van der Waals surface area contributed by atoms with Crippen molar-refractivity contribution >= 4 is 23.0 Å². The van der Waals surface area contributed by atoms with Crippen LogP contribution in [-0.4, -0.2) is 39.9 Å². The highest BCUT2D eigenvalue weighted by atomic mass is 16.4. The highest BCUT2D eigenvalue weighted by Gasteiger charge is 2.36. The van der Waals surface area contributed by atoms with Gasteiger partial charge in [-0.25, -0.2) is 14.2 Å². The Morgan fingerprint density at radius 3 is 2.48 bits per heavy atom. The van der Waals surface area contributed by atoms with Crippen molar-refractivity contribution < 1.29 is 19.8 Å². The van der Waals surface area contributed by atoms with Crippen molar-refractivity contribution in [2.45, 2.75) is 18.3 Å². The molecule has 6 heteroatoms. The zero-order chi connectivity index (χ0) is 19.0. The minimum absolute atomic E-state index is 0.0930. The summed E-state index contributed by atoms with van der Waals surface area (Å²) in [7, 11) is 0. The first-order chi connectivity index (χ1) is 13.0. The second kappa shape index (κ2) is 6.55. The Bertz CT molecular complexity index is 1020. The van der Waals surface area contributed by atoms with Crippen LogP contribution < -0.4 is 5.32 Å². The zero-order valence-corrected chi connectivity index (χ0v) is 14.7. The monoisotopic (exact) mass is 364 g/mol. The molecule has 0 bridgehead atoms. The summed E-state index contributed by atoms with van der Waals surface area (Å²) in [4.78, 5) is 23.0. The molecule has 1 fully saturated rings. The lowest BCUT2D eigenvalue weighted by atomic mass is 9.74. The maximum atomic E-state index is 11.5. The molecule has 0 spiro atoms. The molecule has 0 amide bonds. The van der Waals surface area contributed by atoms with E-state index in [0.717, 1.165) is 36.1 Å². The quantitative estimate of drug-likeness (QED) is 0.660. The van der Waals surface area contributed by atoms with Crippen LogP contribution in [-0.2, 0) is 11.8 Å². The lowest BCUT2D eigenvalue weighted by Gasteiger charge is -2.29. The SMILES string of the molecule is O=C(O)c1cc2cc(C3(Cc4ccccc4)CCNC3)ccc2n1C(=O)O. The minimum Gasteiger partial charge on any atom is -0.477 e. The number of carbonyl (C=O) groups is 2. The van der Waals surface area contributed by atoms with Crippen LogP contribution in [0, 0.1) is 0 Å². The van der Waals surface area contributed by atoms with E-state index in [0.29, 0.717) is 10.9 Å². The van der Waals surface area contributed by atoms with E-state index >= 15 is 0 Å². The van der Waals surface area contributed by atoms with Crippen LogP contribution in [0.15, 0.2) is 54.6 Å². The van der Waals surface area contributed by atoms with Crippen LogP contribution in [0.3, 0.4) is 0 Å². The van der Waals surface area contributed by atoms with Crippen molar-refractivity contribution in [2.75, 3.05) is 13.1 Å². The van der Waals surface area contributed by atoms with Gasteiger partial charge in [0.05, 0.1) is 5.52 Å². The molecule has 3 N–H and O–H groups in total. The van der Waals surface area contributed by atoms with E-state index in [1.807, 2.05) is 30.3 Å². The Morgan fingerprint density at radius 1 is 1.07 bits per heavy atom. The molecule has 6 nitrogen and oxygen atoms in total. The van der Waals surface area contributed by atoms with Crippen LogP contribution in [0.25, 0.3) is 10.9 Å². The van der Waals surface area contributed by atoms with Crippen LogP contribution in [0.2, 0.25) is 0 Å². The normalized spacial score (nSPS) is 19.4. The van der Waals surface area contributed by atoms with Gasteiger partial charge in [0.15, 0.2) is 0 Å². The fourth-order valence-electron chi connectivity index (χ4n) is 4.14. The van der Waals surface area contributed by atoms with Crippen LogP contribution >= 0.6 is 0 Å². The molecule has 1 atom stereocenters. The summed E-state index contributed by atoms with van der Waals surface area (Å²) in [5.74, 6) is -1.25. The number of hydrogen-bond donors (Lipinski definition) is 3. The van der Waals surface area contributed by atoms with Gasteiger partial charge in [0.2, 0.25) is 0 Å². The highest BCUT2D eigenvalue weighted by Crippen LogP contribution is 2.36. The maximum Gasteiger partial charge on any atom is 0.416 e. The third kappa shape index (κ3) is 2.98. The highest BCUT2D eigenvalue weighted by molar-refractivity contribution is 6.00. The summed E-state index contributed by atoms with van der Waals surface area (Å²) in [6.07, 6.45) is 0.549. The Kier molecular flexibility index (Phi) is 4.20. The number of nitrogens with one attached hydrogen (secondary N) is 1. The largest absolute Gasteiger partial charge is 0.477 e. The Hall–Kier alpha value is -3.12. The lowest BCUT2D eigenvalue weighted by molar-refractivity contribution is 0.0684. The summed E-state index contributed by atoms with van der Waals surface area (Å²) in [5, 5.41) is 22.8. The average molecular weight is 364 g/mol. The van der Waals surface area contributed by atoms with E-state index in [1.54, 1.807) is 6.07 Å². The molecule has 3 aromatic rings. The van der Waals surface area contributed by atoms with E-state index in [1.165, 1.54) is 11.6 Å². The van der Waals surface area contributed by atoms with Crippen molar-refractivity contribution in [3.05, 3.63) is 71.4 Å². The summed E-state index contributed by atoms with van der Waals surface area (Å²) in [6, 6.07) is 17.3. The van der Waals surface area contributed by atoms with Crippen molar-refractivity contribution in [3.63, 3.8) is 0 Å². The van der Waals surface area contributed by atoms with Gasteiger partial charge >= 0.3 is 12.1 Å². The smallest absolute Gasteiger partial charge is 0.416 e. The number of benzene rings is 2. The van der Waals surface area contributed by atoms with Gasteiger partial charge in [0.25, 0.3) is 0 Å². The van der Waals surface area contributed by atoms with E-state index in [9.17, 15) is 19.8 Å². The zero-order valence-electron chi connectivity index (χ0n) is 14.7. The fourth-order valence-corrected chi connectivity index (χ4v) is 4.14. The number of hydrogen-bond acceptors (Lipinski definition) is 3. The molecule has 0 saturated carbocycles. The second-order valence-electron chi connectivity index (χ2n) is 7.10. The van der Waals surface area contributed by atoms with E-state index in [4.69, 9.17) is 0 Å². The number of aromatic nitrogens is 1. The van der Waals surface area contributed by atoms with E-state index in [2.05, 4.69) is 17.4 Å². The third-order valence-electron chi connectivity index (χ3n) is 5.45. The molecule has 2 heterocycles. The average Bonchev–Trinajstić information content (AvgIpc) is 3.27. The molecule has 2 aromatic carbocycles. The van der Waals surface area contributed by atoms with Crippen LogP contribution in [0.1, 0.15) is 28.0 Å². The van der Waals surface area contributed by atoms with Gasteiger partial charge in [-0.2, -0.15) is 0 Å². The van der Waals surface area contributed by atoms with Crippen molar-refractivity contribution in [3.8, 4) is 0 Å². The van der Waals surface area contributed by atoms with Gasteiger partial charge in [0.1, 0.15) is 5.69 Å². The van der Waals surface area contributed by atoms with E-state index < -0.39 is 12.1 Å². The number of carboxylic acid groups (broad SMARTS) is 2. The van der Waals surface area contributed by atoms with Crippen molar-refractivity contribution in [1.82, 2.24) is 9.88 Å². The number of fused-ring (bicyclic) bond motifs is 1. The first-order valence-corrected chi connectivity index (χ1v) is 8.87. The standard InChI is InChI=1S/C21H20N2O4/c24-19(25)18-11-15-10-16(6-7-17(15)23(18)20(26)27)21(8-9-22-13-21)12-14-4-2-1-3-5-14/h1-7,10-11,22H,8-9,12-13H2,(H,24,25)(H,26,27). The summed E-state index contributed by atoms with van der Waals surface area (Å²) in [6.45, 7) is 1.75. The molecule has 1 aliphatic rings. The number of carboxylic acids is 1. The van der Waals surface area contributed by atoms with Gasteiger partial charge in [-0.1, -0.05) is 36.4 Å². The van der Waals surface area contributed by atoms with Gasteiger partial charge < -0.3 is 15.5 Å². The van der Waals surface area contributed by atoms with Gasteiger partial charge in [-0.3, -0.25) is 0 Å². The first kappa shape index (κ1) is 17.3. The molecule has 1 aliphatic heterocycles. The maximum absolute atomic E-state index is 11.5. The van der Waals surface area contributed by atoms with Crippen molar-refractivity contribution in [2.24, 2.45) is 0 Å². The minimum atomic E-state index is -1.29. The summed E-state index contributed by atoms with van der Waals surface area (Å²) >= 11 is 0. The predicted molar refractivity (Wildman–Crippen MR) is 102 cm³/mol. The molecule has 0 radical (unpaired) electrons. The van der Waals surface area contributed by atoms with Crippen LogP contribution in [0.4, 0.5) is 4.79 Å². The van der Waals surface area contributed by atoms with Crippen LogP contribution in [0.5, 0.6) is 0 Å². The molecule has 1 unspecified atom stereocenters. The molecular weight excluding hydrogens is 344 g/mol. The Labute approximate surface area is 156 Å². The molecule has 0 aliphatic carbocycles. The van der Waals surface area contributed by atoms with Gasteiger partial charge in [-0.15, -0.1) is 0 Å². The summed E-state index contributed by atoms with van der Waals surface area (Å²) in [5.41, 5.74) is 2.41. The van der Waals surface area contributed by atoms with Gasteiger partial charge in [-0.05, 0) is 48.7 Å². The predicted octanol–water partition coefficient (Wildman–Crippen LogP) is 3.34. The Morgan fingerprint density at radius 2 is 1.85 bits per heavy atom. The number of rotatable bonds is 4. The van der Waals surface area contributed by atoms with Crippen molar-refractivity contribution in [1.29, 1.82) is 0 Å². The van der Waals surface area contributed by atoms with Gasteiger partial charge in [0, 0.05) is 17.3 Å². The molecule has 1 saturated heterocycles. The number of aromatic carboxylic acids is 1. The third-order valence-corrected chi connectivity index (χ3v) is 5.45. The molecule has 1 aromatic heterocycles. The van der Waals surface area contributed by atoms with E-state index in [-0.39, 0.29) is 11.1 Å².